The summed E-state index contributed by atoms with van der Waals surface area (Å²) in [4.78, 5) is 14.5. The number of likely N-dealkylation sites (tertiary alicyclic amines) is 1. The van der Waals surface area contributed by atoms with Crippen molar-refractivity contribution in [2.24, 2.45) is 17.6 Å². The molecular weight excluding hydrogens is 212 g/mol. The Bertz CT molecular complexity index is 247. The highest BCUT2D eigenvalue weighted by Gasteiger charge is 2.30. The number of hydrogen-bond donors (Lipinski definition) is 1. The molecule has 1 heterocycles. The zero-order valence-electron chi connectivity index (χ0n) is 10.9. The molecule has 2 fully saturated rings. The normalized spacial score (nSPS) is 27.1. The van der Waals surface area contributed by atoms with Gasteiger partial charge < -0.3 is 10.6 Å². The van der Waals surface area contributed by atoms with E-state index < -0.39 is 0 Å². The Kier molecular flexibility index (Phi) is 4.84. The zero-order chi connectivity index (χ0) is 12.1. The Balaban J connectivity index is 1.83. The number of carbonyl (C=O) groups excluding carboxylic acids is 1. The van der Waals surface area contributed by atoms with Crippen LogP contribution >= 0.6 is 0 Å². The summed E-state index contributed by atoms with van der Waals surface area (Å²) in [7, 11) is 0. The molecule has 17 heavy (non-hydrogen) atoms. The Morgan fingerprint density at radius 1 is 1.12 bits per heavy atom. The van der Waals surface area contributed by atoms with Crippen LogP contribution in [0.5, 0.6) is 0 Å². The monoisotopic (exact) mass is 238 g/mol. The topological polar surface area (TPSA) is 46.3 Å². The first-order valence-electron chi connectivity index (χ1n) is 7.30. The SMILES string of the molecule is NCCC1CCN(C(=O)C2CCCCCC2)C1. The van der Waals surface area contributed by atoms with E-state index in [4.69, 9.17) is 5.73 Å². The van der Waals surface area contributed by atoms with Gasteiger partial charge in [0.15, 0.2) is 0 Å². The van der Waals surface area contributed by atoms with Crippen LogP contribution in [-0.2, 0) is 4.79 Å². The average Bonchev–Trinajstić information content (AvgIpc) is 2.64. The van der Waals surface area contributed by atoms with Gasteiger partial charge in [0.25, 0.3) is 0 Å². The van der Waals surface area contributed by atoms with Crippen LogP contribution in [0.2, 0.25) is 0 Å². The van der Waals surface area contributed by atoms with Crippen LogP contribution in [-0.4, -0.2) is 30.4 Å². The Hall–Kier alpha value is -0.570. The summed E-state index contributed by atoms with van der Waals surface area (Å²) in [5, 5.41) is 0. The van der Waals surface area contributed by atoms with Crippen molar-refractivity contribution in [1.29, 1.82) is 0 Å². The van der Waals surface area contributed by atoms with Crippen LogP contribution in [0.25, 0.3) is 0 Å². The fourth-order valence-corrected chi connectivity index (χ4v) is 3.29. The molecule has 1 aliphatic heterocycles. The number of nitrogens with two attached hydrogens (primary N) is 1. The van der Waals surface area contributed by atoms with E-state index in [1.165, 1.54) is 25.7 Å². The summed E-state index contributed by atoms with van der Waals surface area (Å²) in [5.74, 6) is 1.43. The fraction of sp³-hybridized carbons (Fsp3) is 0.929. The van der Waals surface area contributed by atoms with Gasteiger partial charge in [0.1, 0.15) is 0 Å². The minimum Gasteiger partial charge on any atom is -0.342 e. The second kappa shape index (κ2) is 6.39. The Morgan fingerprint density at radius 2 is 1.82 bits per heavy atom. The maximum absolute atomic E-state index is 12.4. The van der Waals surface area contributed by atoms with Gasteiger partial charge in [0, 0.05) is 19.0 Å². The predicted octanol–water partition coefficient (Wildman–Crippen LogP) is 2.15. The molecule has 1 saturated carbocycles. The molecule has 2 rings (SSSR count). The number of amides is 1. The first-order valence-corrected chi connectivity index (χ1v) is 7.30. The summed E-state index contributed by atoms with van der Waals surface area (Å²) < 4.78 is 0. The van der Waals surface area contributed by atoms with Crippen molar-refractivity contribution < 1.29 is 4.79 Å². The van der Waals surface area contributed by atoms with E-state index in [2.05, 4.69) is 4.90 Å². The predicted molar refractivity (Wildman–Crippen MR) is 69.6 cm³/mol. The van der Waals surface area contributed by atoms with Crippen molar-refractivity contribution in [2.45, 2.75) is 51.4 Å². The summed E-state index contributed by atoms with van der Waals surface area (Å²) in [5.41, 5.74) is 5.59. The van der Waals surface area contributed by atoms with Crippen LogP contribution in [0.1, 0.15) is 51.4 Å². The highest BCUT2D eigenvalue weighted by molar-refractivity contribution is 5.79. The van der Waals surface area contributed by atoms with E-state index >= 15 is 0 Å². The fourth-order valence-electron chi connectivity index (χ4n) is 3.29. The smallest absolute Gasteiger partial charge is 0.225 e. The maximum Gasteiger partial charge on any atom is 0.225 e. The molecule has 3 heteroatoms. The summed E-state index contributed by atoms with van der Waals surface area (Å²) >= 11 is 0. The van der Waals surface area contributed by atoms with Crippen LogP contribution in [0.4, 0.5) is 0 Å². The molecule has 0 radical (unpaired) electrons. The average molecular weight is 238 g/mol. The van der Waals surface area contributed by atoms with Crippen LogP contribution in [0, 0.1) is 11.8 Å². The van der Waals surface area contributed by atoms with Crippen molar-refractivity contribution in [3.63, 3.8) is 0 Å². The van der Waals surface area contributed by atoms with Gasteiger partial charge in [-0.2, -0.15) is 0 Å². The molecule has 2 N–H and O–H groups in total. The van der Waals surface area contributed by atoms with Crippen molar-refractivity contribution in [1.82, 2.24) is 4.90 Å². The van der Waals surface area contributed by atoms with E-state index in [-0.39, 0.29) is 0 Å². The highest BCUT2D eigenvalue weighted by Crippen LogP contribution is 2.27. The lowest BCUT2D eigenvalue weighted by Gasteiger charge is -2.22. The van der Waals surface area contributed by atoms with Gasteiger partial charge in [-0.05, 0) is 38.1 Å². The number of rotatable bonds is 3. The third-order valence-electron chi connectivity index (χ3n) is 4.38. The van der Waals surface area contributed by atoms with E-state index in [9.17, 15) is 4.79 Å². The van der Waals surface area contributed by atoms with E-state index in [1.807, 2.05) is 0 Å². The lowest BCUT2D eigenvalue weighted by Crippen LogP contribution is -2.34. The molecule has 0 spiro atoms. The van der Waals surface area contributed by atoms with Gasteiger partial charge in [-0.3, -0.25) is 4.79 Å². The van der Waals surface area contributed by atoms with Crippen molar-refractivity contribution in [3.05, 3.63) is 0 Å². The number of nitrogens with zero attached hydrogens (tertiary/aromatic N) is 1. The molecule has 0 aromatic carbocycles. The van der Waals surface area contributed by atoms with Gasteiger partial charge in [0.2, 0.25) is 5.91 Å². The molecule has 1 aliphatic carbocycles. The molecule has 98 valence electrons. The molecule has 3 nitrogen and oxygen atoms in total. The molecule has 1 unspecified atom stereocenters. The molecule has 0 aromatic rings. The second-order valence-electron chi connectivity index (χ2n) is 5.70. The molecule has 1 saturated heterocycles. The molecular formula is C14H26N2O. The largest absolute Gasteiger partial charge is 0.342 e. The highest BCUT2D eigenvalue weighted by atomic mass is 16.2. The van der Waals surface area contributed by atoms with Gasteiger partial charge in [-0.15, -0.1) is 0 Å². The standard InChI is InChI=1S/C14H26N2O/c15-9-7-12-8-10-16(11-12)14(17)13-5-3-1-2-4-6-13/h12-13H,1-11,15H2. The zero-order valence-corrected chi connectivity index (χ0v) is 10.9. The quantitative estimate of drug-likeness (QED) is 0.766. The van der Waals surface area contributed by atoms with Gasteiger partial charge >= 0.3 is 0 Å². The number of carbonyl (C=O) groups is 1. The Morgan fingerprint density at radius 3 is 2.47 bits per heavy atom. The molecule has 0 bridgehead atoms. The van der Waals surface area contributed by atoms with Gasteiger partial charge in [0.05, 0.1) is 0 Å². The first-order chi connectivity index (χ1) is 8.31. The van der Waals surface area contributed by atoms with E-state index in [1.54, 1.807) is 0 Å². The van der Waals surface area contributed by atoms with Crippen molar-refractivity contribution in [2.75, 3.05) is 19.6 Å². The third kappa shape index (κ3) is 3.44. The molecule has 1 amide bonds. The van der Waals surface area contributed by atoms with Crippen LogP contribution in [0.15, 0.2) is 0 Å². The number of hydrogen-bond acceptors (Lipinski definition) is 2. The first kappa shape index (κ1) is 12.9. The lowest BCUT2D eigenvalue weighted by atomic mass is 9.99. The van der Waals surface area contributed by atoms with Gasteiger partial charge in [-0.25, -0.2) is 0 Å². The molecule has 1 atom stereocenters. The second-order valence-corrected chi connectivity index (χ2v) is 5.70. The molecule has 0 aromatic heterocycles. The lowest BCUT2D eigenvalue weighted by molar-refractivity contribution is -0.135. The Labute approximate surface area is 105 Å². The summed E-state index contributed by atoms with van der Waals surface area (Å²) in [6.07, 6.45) is 9.62. The minimum absolute atomic E-state index is 0.328. The van der Waals surface area contributed by atoms with Crippen LogP contribution < -0.4 is 5.73 Å². The van der Waals surface area contributed by atoms with Crippen molar-refractivity contribution in [3.8, 4) is 0 Å². The summed E-state index contributed by atoms with van der Waals surface area (Å²) in [6.45, 7) is 2.70. The van der Waals surface area contributed by atoms with E-state index in [0.717, 1.165) is 45.3 Å². The maximum atomic E-state index is 12.4. The minimum atomic E-state index is 0.328. The summed E-state index contributed by atoms with van der Waals surface area (Å²) in [6, 6.07) is 0. The third-order valence-corrected chi connectivity index (χ3v) is 4.38. The van der Waals surface area contributed by atoms with E-state index in [0.29, 0.717) is 17.7 Å². The van der Waals surface area contributed by atoms with Crippen molar-refractivity contribution >= 4 is 5.91 Å². The van der Waals surface area contributed by atoms with Crippen LogP contribution in [0.3, 0.4) is 0 Å². The van der Waals surface area contributed by atoms with Gasteiger partial charge in [-0.1, -0.05) is 25.7 Å². The molecule has 2 aliphatic rings.